The number of ether oxygens (including phenoxy) is 1. The van der Waals surface area contributed by atoms with Crippen LogP contribution in [0.2, 0.25) is 0 Å². The molecular weight excluding hydrogens is 266 g/mol. The molecule has 0 fully saturated rings. The number of H-pyrrole nitrogens is 1. The number of anilines is 1. The van der Waals surface area contributed by atoms with Crippen molar-refractivity contribution in [2.45, 2.75) is 6.92 Å². The van der Waals surface area contributed by atoms with Crippen molar-refractivity contribution >= 4 is 22.6 Å². The first kappa shape index (κ1) is 13.2. The molecular formula is C16H15N3O2. The van der Waals surface area contributed by atoms with Crippen molar-refractivity contribution in [2.75, 3.05) is 11.9 Å². The fourth-order valence-corrected chi connectivity index (χ4v) is 2.10. The molecule has 5 heteroatoms. The molecule has 0 unspecified atom stereocenters. The van der Waals surface area contributed by atoms with Crippen LogP contribution in [0, 0.1) is 0 Å². The number of carbonyl (C=O) groups is 1. The van der Waals surface area contributed by atoms with E-state index in [4.69, 9.17) is 4.74 Å². The van der Waals surface area contributed by atoms with Crippen LogP contribution >= 0.6 is 0 Å². The van der Waals surface area contributed by atoms with Crippen LogP contribution in [0.15, 0.2) is 48.5 Å². The van der Waals surface area contributed by atoms with Crippen LogP contribution in [0.25, 0.3) is 11.0 Å². The van der Waals surface area contributed by atoms with Gasteiger partial charge in [0.1, 0.15) is 11.3 Å². The summed E-state index contributed by atoms with van der Waals surface area (Å²) in [5.74, 6) is 0.658. The van der Waals surface area contributed by atoms with Gasteiger partial charge in [-0.3, -0.25) is 4.79 Å². The molecule has 0 aliphatic rings. The highest BCUT2D eigenvalue weighted by atomic mass is 16.5. The Hall–Kier alpha value is -2.82. The molecule has 0 aliphatic carbocycles. The number of aromatic amines is 1. The van der Waals surface area contributed by atoms with Crippen LogP contribution in [0.4, 0.5) is 5.69 Å². The van der Waals surface area contributed by atoms with Gasteiger partial charge in [0.05, 0.1) is 12.1 Å². The highest BCUT2D eigenvalue weighted by Gasteiger charge is 2.14. The lowest BCUT2D eigenvalue weighted by Crippen LogP contribution is -2.13. The van der Waals surface area contributed by atoms with Gasteiger partial charge in [-0.15, -0.1) is 0 Å². The Morgan fingerprint density at radius 1 is 1.19 bits per heavy atom. The van der Waals surface area contributed by atoms with E-state index in [9.17, 15) is 4.79 Å². The highest BCUT2D eigenvalue weighted by molar-refractivity contribution is 6.03. The molecule has 1 aromatic heterocycles. The van der Waals surface area contributed by atoms with E-state index in [1.807, 2.05) is 55.5 Å². The second kappa shape index (κ2) is 5.66. The van der Waals surface area contributed by atoms with Gasteiger partial charge in [0, 0.05) is 5.69 Å². The summed E-state index contributed by atoms with van der Waals surface area (Å²) in [6, 6.07) is 14.8. The maximum atomic E-state index is 12.2. The Labute approximate surface area is 122 Å². The molecule has 21 heavy (non-hydrogen) atoms. The summed E-state index contributed by atoms with van der Waals surface area (Å²) in [7, 11) is 0. The van der Waals surface area contributed by atoms with E-state index in [2.05, 4.69) is 15.3 Å². The number of para-hydroxylation sites is 2. The zero-order chi connectivity index (χ0) is 14.7. The summed E-state index contributed by atoms with van der Waals surface area (Å²) in [5.41, 5.74) is 2.17. The largest absolute Gasteiger partial charge is 0.492 e. The van der Waals surface area contributed by atoms with Gasteiger partial charge in [-0.1, -0.05) is 24.3 Å². The number of hydrogen-bond donors (Lipinski definition) is 2. The molecule has 0 spiro atoms. The van der Waals surface area contributed by atoms with Crippen molar-refractivity contribution in [2.24, 2.45) is 0 Å². The molecule has 0 radical (unpaired) electrons. The normalized spacial score (nSPS) is 10.5. The minimum Gasteiger partial charge on any atom is -0.492 e. The quantitative estimate of drug-likeness (QED) is 0.771. The van der Waals surface area contributed by atoms with E-state index in [-0.39, 0.29) is 11.7 Å². The molecule has 2 aromatic carbocycles. The van der Waals surface area contributed by atoms with Gasteiger partial charge < -0.3 is 15.0 Å². The third kappa shape index (κ3) is 2.72. The van der Waals surface area contributed by atoms with E-state index < -0.39 is 0 Å². The second-order valence-electron chi connectivity index (χ2n) is 4.49. The van der Waals surface area contributed by atoms with Crippen LogP contribution in [-0.4, -0.2) is 22.5 Å². The lowest BCUT2D eigenvalue weighted by atomic mass is 10.3. The van der Waals surface area contributed by atoms with E-state index in [0.29, 0.717) is 17.9 Å². The summed E-state index contributed by atoms with van der Waals surface area (Å²) in [5, 5.41) is 2.80. The molecule has 106 valence electrons. The first-order chi connectivity index (χ1) is 10.3. The number of nitrogens with one attached hydrogen (secondary N) is 2. The summed E-state index contributed by atoms with van der Waals surface area (Å²) >= 11 is 0. The van der Waals surface area contributed by atoms with Crippen LogP contribution in [-0.2, 0) is 0 Å². The number of imidazole rings is 1. The smallest absolute Gasteiger partial charge is 0.291 e. The van der Waals surface area contributed by atoms with Crippen molar-refractivity contribution in [3.63, 3.8) is 0 Å². The fourth-order valence-electron chi connectivity index (χ4n) is 2.10. The van der Waals surface area contributed by atoms with Gasteiger partial charge >= 0.3 is 0 Å². The Morgan fingerprint density at radius 2 is 2.00 bits per heavy atom. The number of benzene rings is 2. The Balaban J connectivity index is 1.90. The Kier molecular flexibility index (Phi) is 3.55. The van der Waals surface area contributed by atoms with Crippen LogP contribution in [0.3, 0.4) is 0 Å². The zero-order valence-corrected chi connectivity index (χ0v) is 11.6. The van der Waals surface area contributed by atoms with Crippen LogP contribution in [0.5, 0.6) is 5.75 Å². The third-order valence-corrected chi connectivity index (χ3v) is 3.02. The Morgan fingerprint density at radius 3 is 2.76 bits per heavy atom. The molecule has 3 aromatic rings. The molecule has 0 saturated heterocycles. The molecule has 1 amide bonds. The topological polar surface area (TPSA) is 67.0 Å². The van der Waals surface area contributed by atoms with Gasteiger partial charge in [0.2, 0.25) is 0 Å². The van der Waals surface area contributed by atoms with Gasteiger partial charge in [0.25, 0.3) is 5.91 Å². The molecule has 0 saturated carbocycles. The maximum Gasteiger partial charge on any atom is 0.291 e. The van der Waals surface area contributed by atoms with E-state index in [0.717, 1.165) is 11.2 Å². The molecule has 0 atom stereocenters. The number of amides is 1. The summed E-state index contributed by atoms with van der Waals surface area (Å²) in [6.07, 6.45) is 0. The second-order valence-corrected chi connectivity index (χ2v) is 4.49. The number of hydrogen-bond acceptors (Lipinski definition) is 3. The standard InChI is InChI=1S/C16H15N3O2/c1-2-21-13-10-6-9-12-14(13)19-15(18-12)16(20)17-11-7-4-3-5-8-11/h3-10H,2H2,1H3,(H,17,20)(H,18,19). The SMILES string of the molecule is CCOc1cccc2[nH]c(C(=O)Nc3ccccc3)nc12. The van der Waals surface area contributed by atoms with Gasteiger partial charge in [-0.05, 0) is 31.2 Å². The summed E-state index contributed by atoms with van der Waals surface area (Å²) < 4.78 is 5.52. The van der Waals surface area contributed by atoms with E-state index in [1.54, 1.807) is 0 Å². The number of carbonyl (C=O) groups excluding carboxylic acids is 1. The third-order valence-electron chi connectivity index (χ3n) is 3.02. The van der Waals surface area contributed by atoms with Crippen molar-refractivity contribution in [1.29, 1.82) is 0 Å². The summed E-state index contributed by atoms with van der Waals surface area (Å²) in [6.45, 7) is 2.46. The predicted molar refractivity (Wildman–Crippen MR) is 81.7 cm³/mol. The molecule has 2 N–H and O–H groups in total. The molecule has 0 bridgehead atoms. The predicted octanol–water partition coefficient (Wildman–Crippen LogP) is 3.21. The minimum absolute atomic E-state index is 0.265. The van der Waals surface area contributed by atoms with Crippen LogP contribution < -0.4 is 10.1 Å². The van der Waals surface area contributed by atoms with E-state index >= 15 is 0 Å². The van der Waals surface area contributed by atoms with Crippen molar-refractivity contribution < 1.29 is 9.53 Å². The number of aromatic nitrogens is 2. The first-order valence-corrected chi connectivity index (χ1v) is 6.76. The van der Waals surface area contributed by atoms with Gasteiger partial charge in [-0.25, -0.2) is 4.98 Å². The van der Waals surface area contributed by atoms with E-state index in [1.165, 1.54) is 0 Å². The summed E-state index contributed by atoms with van der Waals surface area (Å²) in [4.78, 5) is 19.6. The fraction of sp³-hybridized carbons (Fsp3) is 0.125. The van der Waals surface area contributed by atoms with Crippen LogP contribution in [0.1, 0.15) is 17.5 Å². The highest BCUT2D eigenvalue weighted by Crippen LogP contribution is 2.23. The first-order valence-electron chi connectivity index (χ1n) is 6.76. The maximum absolute atomic E-state index is 12.2. The Bertz CT molecular complexity index is 766. The molecule has 0 aliphatic heterocycles. The zero-order valence-electron chi connectivity index (χ0n) is 11.6. The number of fused-ring (bicyclic) bond motifs is 1. The lowest BCUT2D eigenvalue weighted by molar-refractivity contribution is 0.101. The minimum atomic E-state index is -0.278. The number of nitrogens with zero attached hydrogens (tertiary/aromatic N) is 1. The van der Waals surface area contributed by atoms with Crippen molar-refractivity contribution in [1.82, 2.24) is 9.97 Å². The monoisotopic (exact) mass is 281 g/mol. The van der Waals surface area contributed by atoms with Gasteiger partial charge in [-0.2, -0.15) is 0 Å². The van der Waals surface area contributed by atoms with Crippen molar-refractivity contribution in [3.8, 4) is 5.75 Å². The average Bonchev–Trinajstić information content (AvgIpc) is 2.94. The van der Waals surface area contributed by atoms with Crippen molar-refractivity contribution in [3.05, 3.63) is 54.4 Å². The lowest BCUT2D eigenvalue weighted by Gasteiger charge is -2.02. The van der Waals surface area contributed by atoms with Gasteiger partial charge in [0.15, 0.2) is 5.82 Å². The molecule has 1 heterocycles. The number of rotatable bonds is 4. The average molecular weight is 281 g/mol. The molecule has 5 nitrogen and oxygen atoms in total. The molecule has 3 rings (SSSR count).